The van der Waals surface area contributed by atoms with Crippen molar-refractivity contribution >= 4 is 23.5 Å². The number of aromatic nitrogens is 3. The van der Waals surface area contributed by atoms with Gasteiger partial charge >= 0.3 is 6.09 Å². The first-order valence-corrected chi connectivity index (χ1v) is 11.6. The molecule has 0 aliphatic carbocycles. The number of hydrogen-bond acceptors (Lipinski definition) is 8. The van der Waals surface area contributed by atoms with Crippen LogP contribution in [0, 0.1) is 12.7 Å². The molecular formula is C27H26FN5O5. The van der Waals surface area contributed by atoms with Crippen LogP contribution in [0.5, 0.6) is 5.88 Å². The van der Waals surface area contributed by atoms with E-state index in [9.17, 15) is 14.0 Å². The second-order valence-electron chi connectivity index (χ2n) is 9.24. The Balaban J connectivity index is 1.52. The molecule has 11 heteroatoms. The Morgan fingerprint density at radius 1 is 0.974 bits per heavy atom. The van der Waals surface area contributed by atoms with Crippen LogP contribution in [0.2, 0.25) is 0 Å². The molecule has 38 heavy (non-hydrogen) atoms. The maximum Gasteiger partial charge on any atom is 0.413 e. The number of pyridine rings is 2. The van der Waals surface area contributed by atoms with Crippen molar-refractivity contribution in [3.05, 3.63) is 71.9 Å². The van der Waals surface area contributed by atoms with Gasteiger partial charge in [0.05, 0.1) is 12.8 Å². The highest BCUT2D eigenvalue weighted by Crippen LogP contribution is 2.30. The van der Waals surface area contributed by atoms with E-state index < -0.39 is 23.4 Å². The van der Waals surface area contributed by atoms with E-state index in [0.717, 1.165) is 0 Å². The highest BCUT2D eigenvalue weighted by atomic mass is 19.1. The van der Waals surface area contributed by atoms with Crippen molar-refractivity contribution in [1.82, 2.24) is 15.1 Å². The second kappa shape index (κ2) is 10.7. The lowest BCUT2D eigenvalue weighted by Crippen LogP contribution is -2.27. The number of anilines is 2. The van der Waals surface area contributed by atoms with Gasteiger partial charge in [-0.1, -0.05) is 5.16 Å². The minimum atomic E-state index is -0.628. The van der Waals surface area contributed by atoms with E-state index in [0.29, 0.717) is 34.1 Å². The van der Waals surface area contributed by atoms with Gasteiger partial charge in [0.25, 0.3) is 5.91 Å². The Morgan fingerprint density at radius 2 is 1.68 bits per heavy atom. The molecule has 2 amide bonds. The largest absolute Gasteiger partial charge is 0.479 e. The highest BCUT2D eigenvalue weighted by molar-refractivity contribution is 6.09. The van der Waals surface area contributed by atoms with Crippen molar-refractivity contribution in [3.8, 4) is 28.4 Å². The average Bonchev–Trinajstić information content (AvgIpc) is 3.25. The standard InChI is InChI=1S/C27H26FN5O5/c1-15-22(23(33-38-15)16-6-9-18(28)10-7-16)24(34)30-20-12-11-19(31-25(20)36-5)17-8-13-21(29-14-17)32-26(35)37-27(2,3)4/h6-14H,1-5H3,(H,30,34)(H,29,32,35). The Bertz CT molecular complexity index is 1460. The van der Waals surface area contributed by atoms with Gasteiger partial charge in [-0.3, -0.25) is 10.1 Å². The fourth-order valence-electron chi connectivity index (χ4n) is 3.51. The number of aryl methyl sites for hydroxylation is 1. The Hall–Kier alpha value is -4.80. The molecule has 0 spiro atoms. The Morgan fingerprint density at radius 3 is 2.32 bits per heavy atom. The number of carbonyl (C=O) groups is 2. The molecule has 0 unspecified atom stereocenters. The molecule has 0 atom stereocenters. The van der Waals surface area contributed by atoms with Gasteiger partial charge in [-0.05, 0) is 76.2 Å². The van der Waals surface area contributed by atoms with Crippen molar-refractivity contribution in [2.75, 3.05) is 17.7 Å². The molecule has 0 aliphatic heterocycles. The van der Waals surface area contributed by atoms with Crippen LogP contribution in [-0.4, -0.2) is 39.8 Å². The molecule has 4 aromatic rings. The van der Waals surface area contributed by atoms with E-state index in [1.54, 1.807) is 58.2 Å². The predicted molar refractivity (Wildman–Crippen MR) is 138 cm³/mol. The number of carbonyl (C=O) groups excluding carboxylic acids is 2. The third-order valence-electron chi connectivity index (χ3n) is 5.20. The molecule has 10 nitrogen and oxygen atoms in total. The summed E-state index contributed by atoms with van der Waals surface area (Å²) >= 11 is 0. The van der Waals surface area contributed by atoms with Crippen molar-refractivity contribution in [1.29, 1.82) is 0 Å². The number of benzene rings is 1. The van der Waals surface area contributed by atoms with Crippen molar-refractivity contribution < 1.29 is 28.0 Å². The third-order valence-corrected chi connectivity index (χ3v) is 5.20. The number of methoxy groups -OCH3 is 1. The molecule has 0 saturated heterocycles. The number of rotatable bonds is 6. The smallest absolute Gasteiger partial charge is 0.413 e. The fraction of sp³-hybridized carbons (Fsp3) is 0.222. The van der Waals surface area contributed by atoms with E-state index >= 15 is 0 Å². The quantitative estimate of drug-likeness (QED) is 0.324. The number of nitrogens with one attached hydrogen (secondary N) is 2. The summed E-state index contributed by atoms with van der Waals surface area (Å²) in [6, 6.07) is 12.3. The lowest BCUT2D eigenvalue weighted by molar-refractivity contribution is 0.0635. The van der Waals surface area contributed by atoms with Crippen molar-refractivity contribution in [2.24, 2.45) is 0 Å². The first kappa shape index (κ1) is 26.3. The van der Waals surface area contributed by atoms with Gasteiger partial charge in [0.2, 0.25) is 5.88 Å². The number of ether oxygens (including phenoxy) is 2. The molecule has 1 aromatic carbocycles. The van der Waals surface area contributed by atoms with Gasteiger partial charge in [-0.25, -0.2) is 19.2 Å². The third kappa shape index (κ3) is 6.12. The molecule has 196 valence electrons. The van der Waals surface area contributed by atoms with Gasteiger partial charge in [-0.2, -0.15) is 0 Å². The molecule has 0 aliphatic rings. The minimum Gasteiger partial charge on any atom is -0.479 e. The lowest BCUT2D eigenvalue weighted by atomic mass is 10.1. The van der Waals surface area contributed by atoms with Gasteiger partial charge in [-0.15, -0.1) is 0 Å². The summed E-state index contributed by atoms with van der Waals surface area (Å²) in [7, 11) is 1.43. The number of halogens is 1. The molecular weight excluding hydrogens is 493 g/mol. The van der Waals surface area contributed by atoms with E-state index in [-0.39, 0.29) is 17.1 Å². The lowest BCUT2D eigenvalue weighted by Gasteiger charge is -2.19. The minimum absolute atomic E-state index is 0.171. The van der Waals surface area contributed by atoms with Crippen LogP contribution in [0.1, 0.15) is 36.9 Å². The molecule has 0 bridgehead atoms. The summed E-state index contributed by atoms with van der Waals surface area (Å²) in [4.78, 5) is 33.8. The first-order chi connectivity index (χ1) is 18.0. The van der Waals surface area contributed by atoms with Crippen LogP contribution >= 0.6 is 0 Å². The van der Waals surface area contributed by atoms with Gasteiger partial charge in [0.1, 0.15) is 39.9 Å². The van der Waals surface area contributed by atoms with Gasteiger partial charge in [0, 0.05) is 17.3 Å². The van der Waals surface area contributed by atoms with E-state index in [2.05, 4.69) is 25.8 Å². The number of hydrogen-bond donors (Lipinski definition) is 2. The maximum atomic E-state index is 13.3. The number of nitrogens with zero attached hydrogens (tertiary/aromatic N) is 3. The Labute approximate surface area is 218 Å². The summed E-state index contributed by atoms with van der Waals surface area (Å²) in [5, 5.41) is 9.32. The summed E-state index contributed by atoms with van der Waals surface area (Å²) in [6.45, 7) is 6.92. The zero-order valence-corrected chi connectivity index (χ0v) is 21.5. The van der Waals surface area contributed by atoms with Crippen LogP contribution < -0.4 is 15.4 Å². The molecule has 2 N–H and O–H groups in total. The van der Waals surface area contributed by atoms with E-state index in [1.165, 1.54) is 31.4 Å². The van der Waals surface area contributed by atoms with Crippen LogP contribution in [-0.2, 0) is 4.74 Å². The topological polar surface area (TPSA) is 128 Å². The first-order valence-electron chi connectivity index (χ1n) is 11.6. The molecule has 0 radical (unpaired) electrons. The monoisotopic (exact) mass is 519 g/mol. The predicted octanol–water partition coefficient (Wildman–Crippen LogP) is 5.85. The molecule has 3 aromatic heterocycles. The van der Waals surface area contributed by atoms with Crippen LogP contribution in [0.15, 0.2) is 59.3 Å². The van der Waals surface area contributed by atoms with E-state index in [1.807, 2.05) is 0 Å². The number of amides is 2. The zero-order chi connectivity index (χ0) is 27.4. The van der Waals surface area contributed by atoms with Gasteiger partial charge < -0.3 is 19.3 Å². The zero-order valence-electron chi connectivity index (χ0n) is 21.5. The maximum absolute atomic E-state index is 13.3. The second-order valence-corrected chi connectivity index (χ2v) is 9.24. The molecule has 0 fully saturated rings. The highest BCUT2D eigenvalue weighted by Gasteiger charge is 2.23. The molecule has 4 rings (SSSR count). The summed E-state index contributed by atoms with van der Waals surface area (Å²) in [6.07, 6.45) is 0.936. The van der Waals surface area contributed by atoms with Crippen molar-refractivity contribution in [2.45, 2.75) is 33.3 Å². The molecule has 3 heterocycles. The Kier molecular flexibility index (Phi) is 7.38. The molecule has 0 saturated carbocycles. The summed E-state index contributed by atoms with van der Waals surface area (Å²) in [5.41, 5.74) is 1.91. The summed E-state index contributed by atoms with van der Waals surface area (Å²) in [5.74, 6) is -0.101. The van der Waals surface area contributed by atoms with Crippen molar-refractivity contribution in [3.63, 3.8) is 0 Å². The van der Waals surface area contributed by atoms with Crippen LogP contribution in [0.4, 0.5) is 20.7 Å². The fourth-order valence-corrected chi connectivity index (χ4v) is 3.51. The average molecular weight is 520 g/mol. The SMILES string of the molecule is COc1nc(-c2ccc(NC(=O)OC(C)(C)C)nc2)ccc1NC(=O)c1c(-c2ccc(F)cc2)noc1C. The van der Waals surface area contributed by atoms with E-state index in [4.69, 9.17) is 14.0 Å². The van der Waals surface area contributed by atoms with Crippen LogP contribution in [0.3, 0.4) is 0 Å². The van der Waals surface area contributed by atoms with Gasteiger partial charge in [0.15, 0.2) is 0 Å². The summed E-state index contributed by atoms with van der Waals surface area (Å²) < 4.78 is 29.2. The van der Waals surface area contributed by atoms with Crippen LogP contribution in [0.25, 0.3) is 22.5 Å². The normalized spacial score (nSPS) is 11.1.